The highest BCUT2D eigenvalue weighted by Crippen LogP contribution is 2.45. The number of nitrogens with one attached hydrogen (secondary N) is 1. The quantitative estimate of drug-likeness (QED) is 0.903. The van der Waals surface area contributed by atoms with E-state index in [0.29, 0.717) is 5.54 Å². The van der Waals surface area contributed by atoms with Gasteiger partial charge in [-0.05, 0) is 67.9 Å². The van der Waals surface area contributed by atoms with E-state index >= 15 is 0 Å². The van der Waals surface area contributed by atoms with E-state index in [1.165, 1.54) is 55.2 Å². The Labute approximate surface area is 130 Å². The zero-order chi connectivity index (χ0) is 14.2. The number of aromatic nitrogens is 2. The van der Waals surface area contributed by atoms with Gasteiger partial charge in [0.15, 0.2) is 0 Å². The Balaban J connectivity index is 1.90. The van der Waals surface area contributed by atoms with Gasteiger partial charge in [0.1, 0.15) is 0 Å². The normalized spacial score (nSPS) is 27.6. The van der Waals surface area contributed by atoms with E-state index in [9.17, 15) is 0 Å². The molecular formula is C16H26BrN3. The smallest absolute Gasteiger partial charge is 0.0738 e. The van der Waals surface area contributed by atoms with Gasteiger partial charge in [-0.15, -0.1) is 0 Å². The summed E-state index contributed by atoms with van der Waals surface area (Å²) in [6, 6.07) is 0. The number of hydrogen-bond donors (Lipinski definition) is 1. The van der Waals surface area contributed by atoms with Crippen molar-refractivity contribution in [3.05, 3.63) is 15.9 Å². The summed E-state index contributed by atoms with van der Waals surface area (Å²) in [4.78, 5) is 0. The maximum absolute atomic E-state index is 4.67. The number of rotatable bonds is 4. The van der Waals surface area contributed by atoms with Crippen LogP contribution >= 0.6 is 15.9 Å². The van der Waals surface area contributed by atoms with Crippen LogP contribution in [0, 0.1) is 12.8 Å². The lowest BCUT2D eigenvalue weighted by atomic mass is 9.83. The van der Waals surface area contributed by atoms with Crippen LogP contribution in [-0.4, -0.2) is 21.9 Å². The zero-order valence-corrected chi connectivity index (χ0v) is 14.3. The van der Waals surface area contributed by atoms with Gasteiger partial charge in [0, 0.05) is 18.5 Å². The first-order chi connectivity index (χ1) is 9.66. The third kappa shape index (κ3) is 2.69. The van der Waals surface area contributed by atoms with Crippen LogP contribution < -0.4 is 5.32 Å². The molecule has 1 aromatic heterocycles. The highest BCUT2D eigenvalue weighted by molar-refractivity contribution is 9.10. The SMILES string of the molecule is CCn1nc(C)c(Br)c1CC1(C2CC2)CCCCCN1. The van der Waals surface area contributed by atoms with Gasteiger partial charge in [0.25, 0.3) is 0 Å². The fraction of sp³-hybridized carbons (Fsp3) is 0.812. The van der Waals surface area contributed by atoms with Crippen molar-refractivity contribution >= 4 is 15.9 Å². The van der Waals surface area contributed by atoms with Crippen LogP contribution in [0.15, 0.2) is 4.47 Å². The molecule has 2 heterocycles. The Morgan fingerprint density at radius 1 is 1.35 bits per heavy atom. The molecule has 0 aromatic carbocycles. The van der Waals surface area contributed by atoms with Crippen molar-refractivity contribution < 1.29 is 0 Å². The standard InChI is InChI=1S/C16H26BrN3/c1-3-20-14(15(17)12(2)19-20)11-16(13-7-8-13)9-5-4-6-10-18-16/h13,18H,3-11H2,1-2H3. The van der Waals surface area contributed by atoms with E-state index in [1.807, 2.05) is 0 Å². The third-order valence-corrected chi connectivity index (χ3v) is 6.10. The summed E-state index contributed by atoms with van der Waals surface area (Å²) in [5, 5.41) is 8.60. The monoisotopic (exact) mass is 339 g/mol. The second-order valence-corrected chi connectivity index (χ2v) is 7.30. The van der Waals surface area contributed by atoms with Gasteiger partial charge >= 0.3 is 0 Å². The lowest BCUT2D eigenvalue weighted by Crippen LogP contribution is -2.49. The van der Waals surface area contributed by atoms with Crippen LogP contribution in [0.2, 0.25) is 0 Å². The molecule has 1 saturated heterocycles. The molecule has 4 heteroatoms. The van der Waals surface area contributed by atoms with Crippen LogP contribution in [0.5, 0.6) is 0 Å². The minimum atomic E-state index is 0.332. The Kier molecular flexibility index (Phi) is 4.23. The van der Waals surface area contributed by atoms with Crippen LogP contribution in [0.3, 0.4) is 0 Å². The molecule has 1 saturated carbocycles. The zero-order valence-electron chi connectivity index (χ0n) is 12.7. The summed E-state index contributed by atoms with van der Waals surface area (Å²) < 4.78 is 3.42. The van der Waals surface area contributed by atoms with Crippen LogP contribution in [0.1, 0.15) is 56.8 Å². The molecule has 3 nitrogen and oxygen atoms in total. The Bertz CT molecular complexity index is 468. The van der Waals surface area contributed by atoms with E-state index in [-0.39, 0.29) is 0 Å². The predicted molar refractivity (Wildman–Crippen MR) is 86.0 cm³/mol. The average Bonchev–Trinajstić information content (AvgIpc) is 3.25. The first kappa shape index (κ1) is 14.6. The summed E-state index contributed by atoms with van der Waals surface area (Å²) in [6.45, 7) is 6.44. The predicted octanol–water partition coefficient (Wildman–Crippen LogP) is 3.83. The van der Waals surface area contributed by atoms with E-state index in [1.54, 1.807) is 0 Å². The average molecular weight is 340 g/mol. The highest BCUT2D eigenvalue weighted by Gasteiger charge is 2.45. The number of nitrogens with zero attached hydrogens (tertiary/aromatic N) is 2. The second-order valence-electron chi connectivity index (χ2n) is 6.51. The molecule has 20 heavy (non-hydrogen) atoms. The van der Waals surface area contributed by atoms with Crippen molar-refractivity contribution in [3.8, 4) is 0 Å². The highest BCUT2D eigenvalue weighted by atomic mass is 79.9. The van der Waals surface area contributed by atoms with Gasteiger partial charge < -0.3 is 5.32 Å². The minimum Gasteiger partial charge on any atom is -0.311 e. The van der Waals surface area contributed by atoms with Crippen LogP contribution in [0.25, 0.3) is 0 Å². The molecule has 3 rings (SSSR count). The topological polar surface area (TPSA) is 29.9 Å². The molecule has 1 aliphatic carbocycles. The lowest BCUT2D eigenvalue weighted by molar-refractivity contribution is 0.264. The van der Waals surface area contributed by atoms with Gasteiger partial charge in [-0.3, -0.25) is 4.68 Å². The molecule has 0 radical (unpaired) electrons. The minimum absolute atomic E-state index is 0.332. The summed E-state index contributed by atoms with van der Waals surface area (Å²) in [7, 11) is 0. The first-order valence-corrected chi connectivity index (χ1v) is 8.92. The van der Waals surface area contributed by atoms with Gasteiger partial charge in [0.2, 0.25) is 0 Å². The molecule has 0 amide bonds. The van der Waals surface area contributed by atoms with E-state index in [4.69, 9.17) is 0 Å². The molecule has 112 valence electrons. The van der Waals surface area contributed by atoms with Crippen molar-refractivity contribution in [3.63, 3.8) is 0 Å². The fourth-order valence-corrected chi connectivity index (χ4v) is 4.21. The summed E-state index contributed by atoms with van der Waals surface area (Å²) in [6.07, 6.45) is 9.37. The molecule has 0 spiro atoms. The number of aryl methyl sites for hydroxylation is 2. The number of hydrogen-bond acceptors (Lipinski definition) is 2. The molecule has 1 unspecified atom stereocenters. The Hall–Kier alpha value is -0.350. The van der Waals surface area contributed by atoms with E-state index in [2.05, 4.69) is 44.9 Å². The van der Waals surface area contributed by atoms with Crippen molar-refractivity contribution in [1.29, 1.82) is 0 Å². The maximum Gasteiger partial charge on any atom is 0.0738 e. The molecule has 2 fully saturated rings. The van der Waals surface area contributed by atoms with E-state index in [0.717, 1.165) is 24.6 Å². The molecule has 1 aliphatic heterocycles. The lowest BCUT2D eigenvalue weighted by Gasteiger charge is -2.34. The first-order valence-electron chi connectivity index (χ1n) is 8.13. The van der Waals surface area contributed by atoms with Crippen molar-refractivity contribution in [2.45, 2.75) is 70.9 Å². The largest absolute Gasteiger partial charge is 0.311 e. The van der Waals surface area contributed by atoms with Gasteiger partial charge in [-0.1, -0.05) is 12.8 Å². The molecule has 1 N–H and O–H groups in total. The molecular weight excluding hydrogens is 314 g/mol. The van der Waals surface area contributed by atoms with Gasteiger partial charge in [0.05, 0.1) is 15.9 Å². The van der Waals surface area contributed by atoms with Crippen molar-refractivity contribution in [2.24, 2.45) is 5.92 Å². The molecule has 2 aliphatic rings. The molecule has 1 aromatic rings. The maximum atomic E-state index is 4.67. The van der Waals surface area contributed by atoms with Gasteiger partial charge in [-0.25, -0.2) is 0 Å². The summed E-state index contributed by atoms with van der Waals surface area (Å²) >= 11 is 3.77. The van der Waals surface area contributed by atoms with E-state index < -0.39 is 0 Å². The molecule has 1 atom stereocenters. The Morgan fingerprint density at radius 3 is 2.85 bits per heavy atom. The van der Waals surface area contributed by atoms with Crippen LogP contribution in [-0.2, 0) is 13.0 Å². The summed E-state index contributed by atoms with van der Waals surface area (Å²) in [5.74, 6) is 0.882. The molecule has 0 bridgehead atoms. The third-order valence-electron chi connectivity index (χ3n) is 5.07. The van der Waals surface area contributed by atoms with Crippen molar-refractivity contribution in [2.75, 3.05) is 6.54 Å². The van der Waals surface area contributed by atoms with Crippen molar-refractivity contribution in [1.82, 2.24) is 15.1 Å². The van der Waals surface area contributed by atoms with Crippen LogP contribution in [0.4, 0.5) is 0 Å². The second kappa shape index (κ2) is 5.80. The Morgan fingerprint density at radius 2 is 2.15 bits per heavy atom. The number of halogens is 1. The van der Waals surface area contributed by atoms with Gasteiger partial charge in [-0.2, -0.15) is 5.10 Å². The fourth-order valence-electron chi connectivity index (χ4n) is 3.78. The summed E-state index contributed by atoms with van der Waals surface area (Å²) in [5.41, 5.74) is 2.85.